The first-order valence-electron chi connectivity index (χ1n) is 11.7. The smallest absolute Gasteiger partial charge is 1.00 e. The maximum absolute atomic E-state index is 12.0. The Bertz CT molecular complexity index is 1610. The third-order valence-corrected chi connectivity index (χ3v) is 6.01. The van der Waals surface area contributed by atoms with Crippen LogP contribution < -0.4 is 64.4 Å². The van der Waals surface area contributed by atoms with Gasteiger partial charge in [-0.05, 0) is 72.3 Å². The number of oxazole rings is 1. The van der Waals surface area contributed by atoms with Gasteiger partial charge < -0.3 is 16.0 Å². The monoisotopic (exact) mass is 706 g/mol. The summed E-state index contributed by atoms with van der Waals surface area (Å²) in [6.45, 7) is -0.181. The summed E-state index contributed by atoms with van der Waals surface area (Å²) >= 11 is 29.0. The second-order valence-electron chi connectivity index (χ2n) is 7.37. The van der Waals surface area contributed by atoms with E-state index in [1.165, 1.54) is 0 Å². The molecule has 3 heterocycles. The largest absolute Gasteiger partial charge is 1.00 e. The van der Waals surface area contributed by atoms with Gasteiger partial charge in [0.05, 0.1) is 8.52 Å². The van der Waals surface area contributed by atoms with E-state index in [1.54, 1.807) is 60.7 Å². The number of halogens is 6. The molecule has 43 heavy (non-hydrogen) atoms. The van der Waals surface area contributed by atoms with Gasteiger partial charge >= 0.3 is 59.1 Å². The van der Waals surface area contributed by atoms with Crippen molar-refractivity contribution in [3.63, 3.8) is 0 Å². The van der Waals surface area contributed by atoms with E-state index in [0.29, 0.717) is 48.6 Å². The van der Waals surface area contributed by atoms with Crippen LogP contribution in [0.2, 0.25) is 25.5 Å². The molecule has 16 heteroatoms. The van der Waals surface area contributed by atoms with Gasteiger partial charge in [0.1, 0.15) is 21.0 Å². The minimum absolute atomic E-state index is 0. The average molecular weight is 709 g/mol. The minimum Gasteiger partial charge on any atom is -1.00 e. The number of rotatable bonds is 5. The molecule has 0 radical (unpaired) electrons. The number of hydrogen-bond acceptors (Lipinski definition) is 8. The van der Waals surface area contributed by atoms with E-state index in [2.05, 4.69) is 19.8 Å². The predicted octanol–water partition coefficient (Wildman–Crippen LogP) is 1.80. The molecule has 216 valence electrons. The minimum atomic E-state index is -1.00. The van der Waals surface area contributed by atoms with Gasteiger partial charge in [0.25, 0.3) is 6.47 Å². The number of fused-ring (bicyclic) bond motifs is 1. The van der Waals surface area contributed by atoms with Gasteiger partial charge in [-0.1, -0.05) is 64.1 Å². The summed E-state index contributed by atoms with van der Waals surface area (Å²) in [4.78, 5) is 35.5. The van der Waals surface area contributed by atoms with Crippen molar-refractivity contribution in [2.45, 2.75) is 6.42 Å². The van der Waals surface area contributed by atoms with E-state index in [0.717, 1.165) is 5.56 Å². The molecule has 0 fully saturated rings. The SMILES string of the molecule is Clc1ccc(-c2nc3ccc(Cl)nc3o2)cc1.O=C(Cc1ccc(Cl)nc1Cl)c1ccc(Cl)cc1.O=CO[O-].[2H]CF.[H-].[Na+].[Na+]. The summed E-state index contributed by atoms with van der Waals surface area (Å²) in [6.07, 6.45) is 0.185. The normalized spacial score (nSPS) is 9.60. The van der Waals surface area contributed by atoms with Crippen LogP contribution in [0, 0.1) is 0 Å². The van der Waals surface area contributed by atoms with Crippen molar-refractivity contribution in [1.82, 2.24) is 15.0 Å². The van der Waals surface area contributed by atoms with Gasteiger partial charge in [-0.25, -0.2) is 9.97 Å². The van der Waals surface area contributed by atoms with Crippen molar-refractivity contribution in [2.75, 3.05) is 7.15 Å². The van der Waals surface area contributed by atoms with Crippen LogP contribution in [0.4, 0.5) is 4.39 Å². The number of alkyl halides is 1. The summed E-state index contributed by atoms with van der Waals surface area (Å²) in [6, 6.07) is 20.7. The molecule has 0 aliphatic rings. The van der Waals surface area contributed by atoms with E-state index in [9.17, 15) is 9.18 Å². The summed E-state index contributed by atoms with van der Waals surface area (Å²) < 4.78 is 21.0. The molecule has 0 aliphatic carbocycles. The first-order chi connectivity index (χ1) is 20.1. The van der Waals surface area contributed by atoms with E-state index in [4.69, 9.17) is 73.8 Å². The molecule has 0 N–H and O–H groups in total. The average Bonchev–Trinajstić information content (AvgIpc) is 3.39. The fourth-order valence-electron chi connectivity index (χ4n) is 2.99. The Morgan fingerprint density at radius 1 is 0.907 bits per heavy atom. The van der Waals surface area contributed by atoms with Crippen molar-refractivity contribution < 1.29 is 90.5 Å². The standard InChI is InChI=1S/C13H8Cl3NO.C12H6Cl2N2O.CH3F.CH2O3.2Na.H/c14-10-4-1-8(2-5-10)11(18)7-9-3-6-12(15)17-13(9)16;13-8-3-1-7(2-4-8)11-15-9-5-6-10(14)16-12(9)17-11;1-2;2-1-4-3;;;/h1-6H,7H2;1-6H;1H3;1,3H;;;/q;;;;2*+1;-1/p-1/i;;1D;;;;. The van der Waals surface area contributed by atoms with Gasteiger partial charge in [0.15, 0.2) is 5.78 Å². The molecule has 5 aromatic rings. The van der Waals surface area contributed by atoms with Crippen molar-refractivity contribution in [2.24, 2.45) is 0 Å². The number of ketones is 1. The number of Topliss-reactive ketones (excluding diaryl/α,β-unsaturated/α-hetero) is 1. The molecule has 0 atom stereocenters. The van der Waals surface area contributed by atoms with Gasteiger partial charge in [0.2, 0.25) is 11.6 Å². The Morgan fingerprint density at radius 2 is 1.42 bits per heavy atom. The molecule has 0 amide bonds. The maximum atomic E-state index is 12.0. The Kier molecular flexibility index (Phi) is 20.5. The quantitative estimate of drug-likeness (QED) is 0.0678. The van der Waals surface area contributed by atoms with Gasteiger partial charge in [0, 0.05) is 27.6 Å². The van der Waals surface area contributed by atoms with Gasteiger partial charge in [-0.3, -0.25) is 14.0 Å². The van der Waals surface area contributed by atoms with E-state index in [1.807, 2.05) is 12.1 Å². The fourth-order valence-corrected chi connectivity index (χ4v) is 3.80. The number of pyridine rings is 2. The number of hydrogen-bond donors (Lipinski definition) is 0. The topological polar surface area (TPSA) is 118 Å². The number of carbonyl (C=O) groups excluding carboxylic acids is 2. The number of nitrogens with zero attached hydrogens (tertiary/aromatic N) is 3. The molecule has 2 aromatic carbocycles. The molecule has 0 spiro atoms. The molecule has 5 rings (SSSR count). The zero-order valence-electron chi connectivity index (χ0n) is 24.6. The predicted molar refractivity (Wildman–Crippen MR) is 156 cm³/mol. The van der Waals surface area contributed by atoms with Crippen LogP contribution >= 0.6 is 58.0 Å². The first kappa shape index (κ1) is 39.7. The van der Waals surface area contributed by atoms with Crippen molar-refractivity contribution in [3.05, 3.63) is 109 Å². The maximum Gasteiger partial charge on any atom is 1.00 e. The number of benzene rings is 2. The Hall–Kier alpha value is -1.31. The van der Waals surface area contributed by atoms with Gasteiger partial charge in [-0.2, -0.15) is 4.98 Å². The molecule has 0 unspecified atom stereocenters. The van der Waals surface area contributed by atoms with Crippen molar-refractivity contribution >= 4 is 81.5 Å². The zero-order chi connectivity index (χ0) is 31.1. The third kappa shape index (κ3) is 14.1. The molecule has 3 aromatic heterocycles. The van der Waals surface area contributed by atoms with Crippen LogP contribution in [-0.4, -0.2) is 34.4 Å². The molecular weight excluding hydrogens is 689 g/mol. The Balaban J connectivity index is 0. The molecule has 0 saturated carbocycles. The molecule has 0 saturated heterocycles. The molecular formula is C27H19Cl5FN3Na2O5. The number of carbonyl (C=O) groups is 2. The van der Waals surface area contributed by atoms with Crippen LogP contribution in [0.5, 0.6) is 0 Å². The summed E-state index contributed by atoms with van der Waals surface area (Å²) in [7, 11) is -1.00. The summed E-state index contributed by atoms with van der Waals surface area (Å²) in [5.41, 5.74) is 3.21. The first-order valence-corrected chi connectivity index (χ1v) is 12.9. The van der Waals surface area contributed by atoms with E-state index in [-0.39, 0.29) is 84.4 Å². The zero-order valence-corrected chi connectivity index (χ0v) is 30.4. The summed E-state index contributed by atoms with van der Waals surface area (Å²) in [5.74, 6) is 0.462. The van der Waals surface area contributed by atoms with Gasteiger partial charge in [-0.15, -0.1) is 0 Å². The second-order valence-corrected chi connectivity index (χ2v) is 9.37. The van der Waals surface area contributed by atoms with Crippen LogP contribution in [0.1, 0.15) is 18.7 Å². The van der Waals surface area contributed by atoms with Crippen LogP contribution in [0.15, 0.2) is 77.2 Å². The molecule has 0 bridgehead atoms. The number of aromatic nitrogens is 3. The third-order valence-electron chi connectivity index (χ3n) is 4.76. The van der Waals surface area contributed by atoms with Crippen LogP contribution in [0.3, 0.4) is 0 Å². The summed E-state index contributed by atoms with van der Waals surface area (Å²) in [5, 5.41) is 10.6. The van der Waals surface area contributed by atoms with Crippen LogP contribution in [0.25, 0.3) is 22.7 Å². The fraction of sp³-hybridized carbons (Fsp3) is 0.0741. The molecule has 8 nitrogen and oxygen atoms in total. The van der Waals surface area contributed by atoms with Crippen molar-refractivity contribution in [3.8, 4) is 11.5 Å². The Labute approximate surface area is 318 Å². The Morgan fingerprint density at radius 3 is 1.95 bits per heavy atom. The van der Waals surface area contributed by atoms with Crippen molar-refractivity contribution in [1.29, 1.82) is 0 Å². The molecule has 0 aliphatic heterocycles. The van der Waals surface area contributed by atoms with E-state index < -0.39 is 7.15 Å². The van der Waals surface area contributed by atoms with Crippen LogP contribution in [-0.2, 0) is 16.1 Å². The van der Waals surface area contributed by atoms with E-state index >= 15 is 0 Å². The second kappa shape index (κ2) is 22.2.